The zero-order chi connectivity index (χ0) is 40.7. The number of hydrogen-bond donors (Lipinski definition) is 0. The Morgan fingerprint density at radius 1 is 0.258 bits per heavy atom. The SMILES string of the molecule is c1ccc2c(c1)Cc1ccccc1N2c1ccc2c(-c3ccc4ccccc4c3)c3ccc(N4c5ccccc5Cc5ccccc54)cc3c(-c3ccc4ccccc4c3)c2c1. The van der Waals surface area contributed by atoms with E-state index in [1.54, 1.807) is 0 Å². The third-order valence-electron chi connectivity index (χ3n) is 13.4. The lowest BCUT2D eigenvalue weighted by molar-refractivity contribution is 1.09. The van der Waals surface area contributed by atoms with Crippen molar-refractivity contribution in [3.63, 3.8) is 0 Å². The molecule has 0 fully saturated rings. The summed E-state index contributed by atoms with van der Waals surface area (Å²) >= 11 is 0. The highest BCUT2D eigenvalue weighted by Crippen LogP contribution is 2.51. The Kier molecular flexibility index (Phi) is 7.77. The fourth-order valence-electron chi connectivity index (χ4n) is 10.5. The second kappa shape index (κ2) is 13.8. The van der Waals surface area contributed by atoms with Gasteiger partial charge in [-0.2, -0.15) is 0 Å². The predicted octanol–water partition coefficient (Wildman–Crippen LogP) is 16.4. The van der Waals surface area contributed by atoms with Crippen molar-refractivity contribution in [2.45, 2.75) is 12.8 Å². The van der Waals surface area contributed by atoms with Gasteiger partial charge in [0.25, 0.3) is 0 Å². The molecule has 11 aromatic carbocycles. The normalized spacial score (nSPS) is 13.0. The first kappa shape index (κ1) is 34.9. The van der Waals surface area contributed by atoms with Gasteiger partial charge < -0.3 is 9.80 Å². The van der Waals surface area contributed by atoms with Crippen LogP contribution in [0.15, 0.2) is 218 Å². The van der Waals surface area contributed by atoms with E-state index in [-0.39, 0.29) is 0 Å². The number of fused-ring (bicyclic) bond motifs is 8. The summed E-state index contributed by atoms with van der Waals surface area (Å²) < 4.78 is 0. The number of anilines is 6. The molecule has 2 aliphatic heterocycles. The Bertz CT molecular complexity index is 3370. The topological polar surface area (TPSA) is 6.48 Å². The fourth-order valence-corrected chi connectivity index (χ4v) is 10.5. The maximum Gasteiger partial charge on any atom is 0.0497 e. The number of para-hydroxylation sites is 4. The first-order valence-electron chi connectivity index (χ1n) is 21.7. The minimum Gasteiger partial charge on any atom is -0.310 e. The lowest BCUT2D eigenvalue weighted by atomic mass is 9.84. The molecule has 2 aliphatic rings. The molecule has 2 heteroatoms. The van der Waals surface area contributed by atoms with Crippen LogP contribution in [0.5, 0.6) is 0 Å². The van der Waals surface area contributed by atoms with E-state index < -0.39 is 0 Å². The van der Waals surface area contributed by atoms with Crippen molar-refractivity contribution in [2.75, 3.05) is 9.80 Å². The van der Waals surface area contributed by atoms with E-state index >= 15 is 0 Å². The van der Waals surface area contributed by atoms with Gasteiger partial charge in [-0.15, -0.1) is 0 Å². The molecule has 62 heavy (non-hydrogen) atoms. The van der Waals surface area contributed by atoms with Gasteiger partial charge >= 0.3 is 0 Å². The highest BCUT2D eigenvalue weighted by atomic mass is 15.2. The van der Waals surface area contributed by atoms with Crippen molar-refractivity contribution >= 4 is 77.2 Å². The largest absolute Gasteiger partial charge is 0.310 e. The fraction of sp³-hybridized carbons (Fsp3) is 0.0333. The van der Waals surface area contributed by atoms with Crippen LogP contribution in [-0.4, -0.2) is 0 Å². The maximum atomic E-state index is 2.48. The molecular formula is C60H40N2. The summed E-state index contributed by atoms with van der Waals surface area (Å²) in [4.78, 5) is 4.96. The summed E-state index contributed by atoms with van der Waals surface area (Å²) in [6.45, 7) is 0. The van der Waals surface area contributed by atoms with Gasteiger partial charge in [0.15, 0.2) is 0 Å². The molecule has 0 saturated heterocycles. The minimum absolute atomic E-state index is 0.918. The smallest absolute Gasteiger partial charge is 0.0497 e. The van der Waals surface area contributed by atoms with Crippen LogP contribution in [-0.2, 0) is 12.8 Å². The average Bonchev–Trinajstić information content (AvgIpc) is 3.33. The van der Waals surface area contributed by atoms with Crippen molar-refractivity contribution in [1.29, 1.82) is 0 Å². The highest BCUT2D eigenvalue weighted by Gasteiger charge is 2.28. The van der Waals surface area contributed by atoms with Gasteiger partial charge in [-0.05, 0) is 148 Å². The zero-order valence-electron chi connectivity index (χ0n) is 34.1. The lowest BCUT2D eigenvalue weighted by Crippen LogP contribution is -2.18. The Morgan fingerprint density at radius 3 is 1.00 bits per heavy atom. The Hall–Kier alpha value is -7.94. The molecule has 2 nitrogen and oxygen atoms in total. The minimum atomic E-state index is 0.918. The van der Waals surface area contributed by atoms with E-state index in [1.165, 1.54) is 110 Å². The maximum absolute atomic E-state index is 2.48. The molecule has 0 aromatic heterocycles. The van der Waals surface area contributed by atoms with Crippen molar-refractivity contribution < 1.29 is 0 Å². The first-order valence-corrected chi connectivity index (χ1v) is 21.7. The van der Waals surface area contributed by atoms with Crippen molar-refractivity contribution in [3.8, 4) is 22.3 Å². The number of nitrogens with zero attached hydrogens (tertiary/aromatic N) is 2. The van der Waals surface area contributed by atoms with E-state index in [4.69, 9.17) is 0 Å². The van der Waals surface area contributed by atoms with Gasteiger partial charge in [0.2, 0.25) is 0 Å². The predicted molar refractivity (Wildman–Crippen MR) is 262 cm³/mol. The molecule has 0 N–H and O–H groups in total. The molecule has 0 atom stereocenters. The van der Waals surface area contributed by atoms with Gasteiger partial charge in [-0.1, -0.05) is 158 Å². The van der Waals surface area contributed by atoms with Gasteiger partial charge in [-0.3, -0.25) is 0 Å². The molecule has 0 amide bonds. The monoisotopic (exact) mass is 788 g/mol. The molecule has 0 bridgehead atoms. The van der Waals surface area contributed by atoms with Crippen molar-refractivity contribution in [1.82, 2.24) is 0 Å². The summed E-state index contributed by atoms with van der Waals surface area (Å²) in [7, 11) is 0. The van der Waals surface area contributed by atoms with E-state index in [9.17, 15) is 0 Å². The second-order valence-corrected chi connectivity index (χ2v) is 16.9. The van der Waals surface area contributed by atoms with Gasteiger partial charge in [-0.25, -0.2) is 0 Å². The molecule has 290 valence electrons. The second-order valence-electron chi connectivity index (χ2n) is 16.9. The molecule has 0 spiro atoms. The van der Waals surface area contributed by atoms with Gasteiger partial charge in [0.05, 0.1) is 0 Å². The van der Waals surface area contributed by atoms with Crippen LogP contribution in [0, 0.1) is 0 Å². The van der Waals surface area contributed by atoms with Gasteiger partial charge in [0, 0.05) is 47.0 Å². The number of hydrogen-bond acceptors (Lipinski definition) is 2. The summed E-state index contributed by atoms with van der Waals surface area (Å²) in [5.41, 5.74) is 17.5. The molecule has 0 saturated carbocycles. The van der Waals surface area contributed by atoms with Crippen LogP contribution >= 0.6 is 0 Å². The van der Waals surface area contributed by atoms with Crippen LogP contribution in [0.2, 0.25) is 0 Å². The van der Waals surface area contributed by atoms with Crippen molar-refractivity contribution in [2.24, 2.45) is 0 Å². The average molecular weight is 789 g/mol. The number of rotatable bonds is 4. The Labute approximate surface area is 361 Å². The summed E-state index contributed by atoms with van der Waals surface area (Å²) in [6, 6.07) is 81.5. The summed E-state index contributed by atoms with van der Waals surface area (Å²) in [5.74, 6) is 0. The molecule has 13 rings (SSSR count). The first-order chi connectivity index (χ1) is 30.7. The Morgan fingerprint density at radius 2 is 0.597 bits per heavy atom. The number of benzene rings is 11. The molecular weight excluding hydrogens is 749 g/mol. The highest BCUT2D eigenvalue weighted by molar-refractivity contribution is 6.23. The Balaban J connectivity index is 1.16. The molecule has 0 unspecified atom stereocenters. The third kappa shape index (κ3) is 5.43. The van der Waals surface area contributed by atoms with E-state index in [0.717, 1.165) is 24.2 Å². The van der Waals surface area contributed by atoms with Gasteiger partial charge in [0.1, 0.15) is 0 Å². The zero-order valence-corrected chi connectivity index (χ0v) is 34.1. The standard InChI is InChI=1S/C60H40N2/c1-3-15-41-33-47(27-25-39(41)13-1)59-51-31-29-49(61-55-21-9-5-17-43(55)35-44-18-6-10-22-56(44)61)37-53(51)60(48-28-26-40-14-2-4-16-42(40)34-48)54-38-50(30-32-52(54)59)62-57-23-11-7-19-45(57)36-46-20-8-12-24-58(46)62/h1-34,37-38H,35-36H2. The van der Waals surface area contributed by atoms with Crippen molar-refractivity contribution in [3.05, 3.63) is 241 Å². The van der Waals surface area contributed by atoms with Crippen LogP contribution < -0.4 is 9.80 Å². The van der Waals surface area contributed by atoms with Crippen LogP contribution in [0.4, 0.5) is 34.1 Å². The molecule has 0 aliphatic carbocycles. The van der Waals surface area contributed by atoms with E-state index in [0.29, 0.717) is 0 Å². The van der Waals surface area contributed by atoms with Crippen LogP contribution in [0.3, 0.4) is 0 Å². The summed E-state index contributed by atoms with van der Waals surface area (Å²) in [6.07, 6.45) is 1.84. The van der Waals surface area contributed by atoms with Crippen LogP contribution in [0.1, 0.15) is 22.3 Å². The lowest BCUT2D eigenvalue weighted by Gasteiger charge is -2.34. The molecule has 2 heterocycles. The van der Waals surface area contributed by atoms with E-state index in [2.05, 4.69) is 228 Å². The molecule has 0 radical (unpaired) electrons. The summed E-state index contributed by atoms with van der Waals surface area (Å²) in [5, 5.41) is 9.88. The molecule has 11 aromatic rings. The third-order valence-corrected chi connectivity index (χ3v) is 13.4. The quantitative estimate of drug-likeness (QED) is 0.164. The van der Waals surface area contributed by atoms with E-state index in [1.807, 2.05) is 0 Å². The van der Waals surface area contributed by atoms with Crippen LogP contribution in [0.25, 0.3) is 65.3 Å².